The molecule has 0 unspecified atom stereocenters. The third-order valence-electron chi connectivity index (χ3n) is 1.72. The summed E-state index contributed by atoms with van der Waals surface area (Å²) in [5.41, 5.74) is 0.606. The smallest absolute Gasteiger partial charge is 0.168 e. The second kappa shape index (κ2) is 2.92. The van der Waals surface area contributed by atoms with Gasteiger partial charge in [0.1, 0.15) is 11.5 Å². The van der Waals surface area contributed by atoms with Crippen LogP contribution in [0.3, 0.4) is 0 Å². The number of halogens is 2. The molecule has 1 aromatic carbocycles. The molecule has 1 aromatic heterocycles. The van der Waals surface area contributed by atoms with Crippen molar-refractivity contribution in [3.63, 3.8) is 0 Å². The number of carbonyl (C=O) groups excluding carboxylic acids is 1. The van der Waals surface area contributed by atoms with E-state index in [1.54, 1.807) is 6.07 Å². The molecule has 0 bridgehead atoms. The van der Waals surface area contributed by atoms with Gasteiger partial charge in [-0.25, -0.2) is 4.39 Å². The standard InChI is InChI=1S/C8H4BrFN2O/c9-4-1-5(10)8-6(2-4)11-12-7(8)3-13/h1-3H,(H,11,12). The fraction of sp³-hybridized carbons (Fsp3) is 0. The van der Waals surface area contributed by atoms with Gasteiger partial charge in [-0.15, -0.1) is 0 Å². The summed E-state index contributed by atoms with van der Waals surface area (Å²) in [5, 5.41) is 6.47. The van der Waals surface area contributed by atoms with Crippen molar-refractivity contribution >= 4 is 33.1 Å². The number of rotatable bonds is 1. The van der Waals surface area contributed by atoms with Crippen molar-refractivity contribution in [3.05, 3.63) is 28.1 Å². The number of nitrogens with zero attached hydrogens (tertiary/aromatic N) is 1. The Labute approximate surface area is 81.1 Å². The highest BCUT2D eigenvalue weighted by Gasteiger charge is 2.10. The Morgan fingerprint density at radius 2 is 2.31 bits per heavy atom. The molecular formula is C8H4BrFN2O. The van der Waals surface area contributed by atoms with Gasteiger partial charge in [0.2, 0.25) is 0 Å². The van der Waals surface area contributed by atoms with E-state index >= 15 is 0 Å². The monoisotopic (exact) mass is 242 g/mol. The Bertz CT molecular complexity index is 480. The van der Waals surface area contributed by atoms with Gasteiger partial charge in [0, 0.05) is 4.47 Å². The number of benzene rings is 1. The summed E-state index contributed by atoms with van der Waals surface area (Å²) >= 11 is 3.13. The summed E-state index contributed by atoms with van der Waals surface area (Å²) in [6.45, 7) is 0. The quantitative estimate of drug-likeness (QED) is 0.781. The molecule has 13 heavy (non-hydrogen) atoms. The number of nitrogens with one attached hydrogen (secondary N) is 1. The Morgan fingerprint density at radius 1 is 1.54 bits per heavy atom. The maximum atomic E-state index is 13.3. The normalized spacial score (nSPS) is 10.6. The summed E-state index contributed by atoms with van der Waals surface area (Å²) < 4.78 is 13.9. The molecular weight excluding hydrogens is 239 g/mol. The highest BCUT2D eigenvalue weighted by molar-refractivity contribution is 9.10. The van der Waals surface area contributed by atoms with E-state index < -0.39 is 5.82 Å². The first-order valence-corrected chi connectivity index (χ1v) is 4.30. The van der Waals surface area contributed by atoms with Crippen molar-refractivity contribution < 1.29 is 9.18 Å². The number of fused-ring (bicyclic) bond motifs is 1. The molecule has 0 saturated carbocycles. The van der Waals surface area contributed by atoms with Crippen LogP contribution >= 0.6 is 15.9 Å². The van der Waals surface area contributed by atoms with Gasteiger partial charge in [0.25, 0.3) is 0 Å². The summed E-state index contributed by atoms with van der Waals surface area (Å²) in [4.78, 5) is 10.5. The van der Waals surface area contributed by atoms with E-state index in [-0.39, 0.29) is 11.1 Å². The lowest BCUT2D eigenvalue weighted by atomic mass is 10.2. The zero-order valence-corrected chi connectivity index (χ0v) is 7.93. The van der Waals surface area contributed by atoms with E-state index in [1.165, 1.54) is 6.07 Å². The number of aldehydes is 1. The van der Waals surface area contributed by atoms with Crippen LogP contribution in [0.25, 0.3) is 10.9 Å². The maximum absolute atomic E-state index is 13.3. The van der Waals surface area contributed by atoms with Gasteiger partial charge in [-0.2, -0.15) is 5.10 Å². The second-order valence-corrected chi connectivity index (χ2v) is 3.45. The van der Waals surface area contributed by atoms with Crippen molar-refractivity contribution in [2.45, 2.75) is 0 Å². The van der Waals surface area contributed by atoms with Gasteiger partial charge in [-0.05, 0) is 12.1 Å². The lowest BCUT2D eigenvalue weighted by Crippen LogP contribution is -1.83. The summed E-state index contributed by atoms with van der Waals surface area (Å²) in [5.74, 6) is -0.458. The van der Waals surface area contributed by atoms with Crippen LogP contribution in [0.5, 0.6) is 0 Å². The summed E-state index contributed by atoms with van der Waals surface area (Å²) in [6.07, 6.45) is 0.548. The van der Waals surface area contributed by atoms with E-state index in [1.807, 2.05) is 0 Å². The number of hydrogen-bond donors (Lipinski definition) is 1. The minimum absolute atomic E-state index is 0.167. The van der Waals surface area contributed by atoms with Crippen molar-refractivity contribution in [2.75, 3.05) is 0 Å². The predicted octanol–water partition coefficient (Wildman–Crippen LogP) is 2.28. The fourth-order valence-corrected chi connectivity index (χ4v) is 1.59. The molecule has 2 aromatic rings. The van der Waals surface area contributed by atoms with Crippen LogP contribution in [0.15, 0.2) is 16.6 Å². The van der Waals surface area contributed by atoms with E-state index in [0.29, 0.717) is 16.3 Å². The third kappa shape index (κ3) is 1.25. The van der Waals surface area contributed by atoms with Gasteiger partial charge in [0.15, 0.2) is 6.29 Å². The van der Waals surface area contributed by atoms with Crippen molar-refractivity contribution in [2.24, 2.45) is 0 Å². The van der Waals surface area contributed by atoms with Gasteiger partial charge in [-0.3, -0.25) is 9.89 Å². The molecule has 0 atom stereocenters. The van der Waals surface area contributed by atoms with Crippen molar-refractivity contribution in [1.82, 2.24) is 10.2 Å². The first-order valence-electron chi connectivity index (χ1n) is 3.50. The minimum Gasteiger partial charge on any atom is -0.296 e. The van der Waals surface area contributed by atoms with Crippen LogP contribution in [0.4, 0.5) is 4.39 Å². The minimum atomic E-state index is -0.458. The predicted molar refractivity (Wildman–Crippen MR) is 49.1 cm³/mol. The Kier molecular flexibility index (Phi) is 1.88. The molecule has 0 aliphatic carbocycles. The average Bonchev–Trinajstić information content (AvgIpc) is 2.47. The topological polar surface area (TPSA) is 45.8 Å². The zero-order valence-electron chi connectivity index (χ0n) is 6.34. The molecule has 0 aliphatic heterocycles. The van der Waals surface area contributed by atoms with Crippen LogP contribution in [0.1, 0.15) is 10.5 Å². The second-order valence-electron chi connectivity index (χ2n) is 2.54. The Hall–Kier alpha value is -1.23. The highest BCUT2D eigenvalue weighted by atomic mass is 79.9. The van der Waals surface area contributed by atoms with E-state index in [2.05, 4.69) is 26.1 Å². The molecule has 2 rings (SSSR count). The zero-order chi connectivity index (χ0) is 9.42. The number of H-pyrrole nitrogens is 1. The summed E-state index contributed by atoms with van der Waals surface area (Å²) in [6, 6.07) is 2.94. The third-order valence-corrected chi connectivity index (χ3v) is 2.18. The molecule has 5 heteroatoms. The van der Waals surface area contributed by atoms with Crippen LogP contribution < -0.4 is 0 Å². The molecule has 1 heterocycles. The van der Waals surface area contributed by atoms with E-state index in [4.69, 9.17) is 0 Å². The number of aromatic nitrogens is 2. The first kappa shape index (κ1) is 8.37. The van der Waals surface area contributed by atoms with Gasteiger partial charge >= 0.3 is 0 Å². The van der Waals surface area contributed by atoms with Crippen molar-refractivity contribution in [1.29, 1.82) is 0 Å². The lowest BCUT2D eigenvalue weighted by molar-refractivity contribution is 0.112. The number of hydrogen-bond acceptors (Lipinski definition) is 2. The van der Waals surface area contributed by atoms with Gasteiger partial charge in [0.05, 0.1) is 10.9 Å². The SMILES string of the molecule is O=Cc1[nH]nc2cc(Br)cc(F)c12. The Balaban J connectivity index is 2.89. The summed E-state index contributed by atoms with van der Waals surface area (Å²) in [7, 11) is 0. The van der Waals surface area contributed by atoms with Crippen LogP contribution in [0.2, 0.25) is 0 Å². The molecule has 3 nitrogen and oxygen atoms in total. The molecule has 0 amide bonds. The molecule has 1 N–H and O–H groups in total. The number of aromatic amines is 1. The fourth-order valence-electron chi connectivity index (χ4n) is 1.18. The molecule has 0 aliphatic rings. The maximum Gasteiger partial charge on any atom is 0.168 e. The molecule has 66 valence electrons. The molecule has 0 radical (unpaired) electrons. The lowest BCUT2D eigenvalue weighted by Gasteiger charge is -1.93. The average molecular weight is 243 g/mol. The molecule has 0 saturated heterocycles. The van der Waals surface area contributed by atoms with Crippen LogP contribution in [0, 0.1) is 5.82 Å². The van der Waals surface area contributed by atoms with Crippen LogP contribution in [-0.4, -0.2) is 16.5 Å². The molecule has 0 spiro atoms. The largest absolute Gasteiger partial charge is 0.296 e. The van der Waals surface area contributed by atoms with E-state index in [0.717, 1.165) is 0 Å². The van der Waals surface area contributed by atoms with Gasteiger partial charge < -0.3 is 0 Å². The van der Waals surface area contributed by atoms with Gasteiger partial charge in [-0.1, -0.05) is 15.9 Å². The van der Waals surface area contributed by atoms with Crippen molar-refractivity contribution in [3.8, 4) is 0 Å². The highest BCUT2D eigenvalue weighted by Crippen LogP contribution is 2.23. The van der Waals surface area contributed by atoms with E-state index in [9.17, 15) is 9.18 Å². The molecule has 0 fully saturated rings. The first-order chi connectivity index (χ1) is 6.22. The van der Waals surface area contributed by atoms with Crippen LogP contribution in [-0.2, 0) is 0 Å². The number of carbonyl (C=O) groups is 1. The Morgan fingerprint density at radius 3 is 3.00 bits per heavy atom.